The van der Waals surface area contributed by atoms with Crippen molar-refractivity contribution in [2.75, 3.05) is 21.3 Å². The van der Waals surface area contributed by atoms with Crippen molar-refractivity contribution < 1.29 is 14.2 Å². The highest BCUT2D eigenvalue weighted by Gasteiger charge is 2.35. The second-order valence-electron chi connectivity index (χ2n) is 6.19. The van der Waals surface area contributed by atoms with Crippen molar-refractivity contribution in [3.63, 3.8) is 0 Å². The zero-order valence-electron chi connectivity index (χ0n) is 14.6. The molecule has 2 N–H and O–H groups in total. The van der Waals surface area contributed by atoms with Gasteiger partial charge in [-0.3, -0.25) is 5.43 Å². The average Bonchev–Trinajstić information content (AvgIpc) is 3.23. The van der Waals surface area contributed by atoms with Crippen molar-refractivity contribution >= 4 is 23.5 Å². The molecule has 2 bridgehead atoms. The average molecular weight is 361 g/mol. The Hall–Kier alpha value is -2.28. The maximum Gasteiger partial charge on any atom is 0.203 e. The lowest BCUT2D eigenvalue weighted by Crippen LogP contribution is -2.42. The van der Waals surface area contributed by atoms with Gasteiger partial charge in [0.25, 0.3) is 0 Å². The van der Waals surface area contributed by atoms with Crippen molar-refractivity contribution in [2.24, 2.45) is 16.9 Å². The summed E-state index contributed by atoms with van der Waals surface area (Å²) in [5.41, 5.74) is 3.69. The van der Waals surface area contributed by atoms with E-state index in [1.807, 2.05) is 12.1 Å². The summed E-state index contributed by atoms with van der Waals surface area (Å²) in [6.45, 7) is 0. The number of nitrogens with one attached hydrogen (secondary N) is 2. The van der Waals surface area contributed by atoms with E-state index in [1.165, 1.54) is 6.42 Å². The molecule has 0 spiro atoms. The molecule has 1 aromatic rings. The van der Waals surface area contributed by atoms with Gasteiger partial charge in [-0.15, -0.1) is 0 Å². The maximum atomic E-state index is 5.33. The van der Waals surface area contributed by atoms with E-state index in [0.29, 0.717) is 40.2 Å². The number of fused-ring (bicyclic) bond motifs is 2. The molecule has 0 amide bonds. The molecular weight excluding hydrogens is 338 g/mol. The van der Waals surface area contributed by atoms with Crippen LogP contribution in [0.15, 0.2) is 29.4 Å². The molecule has 2 aliphatic carbocycles. The first kappa shape index (κ1) is 17.5. The van der Waals surface area contributed by atoms with E-state index < -0.39 is 0 Å². The highest BCUT2D eigenvalue weighted by atomic mass is 32.1. The highest BCUT2D eigenvalue weighted by Crippen LogP contribution is 2.39. The summed E-state index contributed by atoms with van der Waals surface area (Å²) < 4.78 is 16.0. The van der Waals surface area contributed by atoms with Gasteiger partial charge in [0, 0.05) is 11.6 Å². The number of allylic oxidation sites excluding steroid dienone is 1. The van der Waals surface area contributed by atoms with Crippen molar-refractivity contribution in [1.82, 2.24) is 10.7 Å². The van der Waals surface area contributed by atoms with Crippen LogP contribution in [0.4, 0.5) is 0 Å². The molecule has 0 aliphatic heterocycles. The van der Waals surface area contributed by atoms with Gasteiger partial charge in [-0.2, -0.15) is 5.10 Å². The predicted octanol–water partition coefficient (Wildman–Crippen LogP) is 2.48. The quantitative estimate of drug-likeness (QED) is 0.351. The first-order chi connectivity index (χ1) is 12.1. The third kappa shape index (κ3) is 3.87. The van der Waals surface area contributed by atoms with Crippen LogP contribution in [0, 0.1) is 11.8 Å². The number of hydrazone groups is 1. The monoisotopic (exact) mass is 361 g/mol. The Morgan fingerprint density at radius 3 is 2.36 bits per heavy atom. The molecule has 0 aromatic heterocycles. The zero-order valence-corrected chi connectivity index (χ0v) is 15.4. The molecule has 0 heterocycles. The normalized spacial score (nSPS) is 23.7. The smallest absolute Gasteiger partial charge is 0.203 e. The summed E-state index contributed by atoms with van der Waals surface area (Å²) in [6, 6.07) is 4.05. The van der Waals surface area contributed by atoms with Crippen LogP contribution in [0.5, 0.6) is 17.2 Å². The van der Waals surface area contributed by atoms with Crippen LogP contribution >= 0.6 is 12.2 Å². The SMILES string of the molecule is COc1cc(/C=N\NC(=S)N[C@H]2C[C@@H]3C=C[C@H]2C3)cc(OC)c1OC. The molecule has 7 heteroatoms. The lowest BCUT2D eigenvalue weighted by molar-refractivity contribution is 0.324. The second-order valence-corrected chi connectivity index (χ2v) is 6.60. The molecule has 6 nitrogen and oxygen atoms in total. The molecule has 0 unspecified atom stereocenters. The van der Waals surface area contributed by atoms with Crippen LogP contribution in [0.2, 0.25) is 0 Å². The van der Waals surface area contributed by atoms with Gasteiger partial charge in [0.05, 0.1) is 27.5 Å². The Balaban J connectivity index is 1.60. The summed E-state index contributed by atoms with van der Waals surface area (Å²) in [4.78, 5) is 0. The maximum absolute atomic E-state index is 5.33. The van der Waals surface area contributed by atoms with Gasteiger partial charge in [-0.1, -0.05) is 12.2 Å². The summed E-state index contributed by atoms with van der Waals surface area (Å²) in [6.07, 6.45) is 8.63. The van der Waals surface area contributed by atoms with E-state index in [1.54, 1.807) is 27.5 Å². The minimum absolute atomic E-state index is 0.409. The predicted molar refractivity (Wildman–Crippen MR) is 102 cm³/mol. The number of thiocarbonyl (C=S) groups is 1. The fourth-order valence-corrected chi connectivity index (χ4v) is 3.69. The number of benzene rings is 1. The van der Waals surface area contributed by atoms with E-state index in [0.717, 1.165) is 12.0 Å². The van der Waals surface area contributed by atoms with Gasteiger partial charge in [-0.25, -0.2) is 0 Å². The number of ether oxygens (including phenoxy) is 3. The van der Waals surface area contributed by atoms with Crippen molar-refractivity contribution in [3.05, 3.63) is 29.8 Å². The van der Waals surface area contributed by atoms with Crippen LogP contribution in [0.1, 0.15) is 18.4 Å². The van der Waals surface area contributed by atoms with Crippen molar-refractivity contribution in [1.29, 1.82) is 0 Å². The summed E-state index contributed by atoms with van der Waals surface area (Å²) >= 11 is 5.33. The third-order valence-corrected chi connectivity index (χ3v) is 4.87. The summed E-state index contributed by atoms with van der Waals surface area (Å²) in [7, 11) is 4.74. The fourth-order valence-electron chi connectivity index (χ4n) is 3.49. The number of hydrogen-bond donors (Lipinski definition) is 2. The largest absolute Gasteiger partial charge is 0.493 e. The molecule has 3 rings (SSSR count). The number of hydrogen-bond acceptors (Lipinski definition) is 5. The molecule has 0 saturated heterocycles. The Kier molecular flexibility index (Phi) is 5.43. The van der Waals surface area contributed by atoms with E-state index in [-0.39, 0.29) is 0 Å². The Bertz CT molecular complexity index is 680. The molecule has 1 aromatic carbocycles. The van der Waals surface area contributed by atoms with Gasteiger partial charge in [0.2, 0.25) is 5.75 Å². The molecule has 1 saturated carbocycles. The lowest BCUT2D eigenvalue weighted by atomic mass is 10.0. The van der Waals surface area contributed by atoms with Gasteiger partial charge in [-0.05, 0) is 49.0 Å². The topological polar surface area (TPSA) is 64.1 Å². The number of nitrogens with zero attached hydrogens (tertiary/aromatic N) is 1. The molecule has 25 heavy (non-hydrogen) atoms. The second kappa shape index (κ2) is 7.74. The highest BCUT2D eigenvalue weighted by molar-refractivity contribution is 7.80. The molecular formula is C18H23N3O3S. The van der Waals surface area contributed by atoms with Gasteiger partial charge < -0.3 is 19.5 Å². The van der Waals surface area contributed by atoms with Crippen LogP contribution in [0.3, 0.4) is 0 Å². The van der Waals surface area contributed by atoms with E-state index in [4.69, 9.17) is 26.4 Å². The number of methoxy groups -OCH3 is 3. The number of rotatable bonds is 6. The van der Waals surface area contributed by atoms with Crippen LogP contribution in [-0.2, 0) is 0 Å². The van der Waals surface area contributed by atoms with E-state index in [9.17, 15) is 0 Å². The Morgan fingerprint density at radius 1 is 1.12 bits per heavy atom. The molecule has 1 fully saturated rings. The minimum atomic E-state index is 0.409. The zero-order chi connectivity index (χ0) is 17.8. The van der Waals surface area contributed by atoms with E-state index in [2.05, 4.69) is 28.0 Å². The minimum Gasteiger partial charge on any atom is -0.493 e. The molecule has 0 radical (unpaired) electrons. The van der Waals surface area contributed by atoms with Crippen LogP contribution < -0.4 is 25.0 Å². The Morgan fingerprint density at radius 2 is 1.84 bits per heavy atom. The summed E-state index contributed by atoms with van der Waals surface area (Å²) in [5, 5.41) is 8.09. The Labute approximate surface area is 153 Å². The van der Waals surface area contributed by atoms with Gasteiger partial charge in [0.1, 0.15) is 0 Å². The summed E-state index contributed by atoms with van der Waals surface area (Å²) in [5.74, 6) is 3.00. The first-order valence-corrected chi connectivity index (χ1v) is 8.63. The van der Waals surface area contributed by atoms with Crippen LogP contribution in [0.25, 0.3) is 0 Å². The van der Waals surface area contributed by atoms with Gasteiger partial charge in [0.15, 0.2) is 16.6 Å². The van der Waals surface area contributed by atoms with Crippen LogP contribution in [-0.4, -0.2) is 38.7 Å². The first-order valence-electron chi connectivity index (χ1n) is 8.22. The van der Waals surface area contributed by atoms with Gasteiger partial charge >= 0.3 is 0 Å². The molecule has 3 atom stereocenters. The van der Waals surface area contributed by atoms with E-state index >= 15 is 0 Å². The third-order valence-electron chi connectivity index (χ3n) is 4.66. The lowest BCUT2D eigenvalue weighted by Gasteiger charge is -2.20. The molecule has 134 valence electrons. The fraction of sp³-hybridized carbons (Fsp3) is 0.444. The standard InChI is InChI=1S/C18H23N3O3S/c1-22-15-8-12(9-16(23-2)17(15)24-3)10-19-21-18(25)20-14-7-11-4-5-13(14)6-11/h4-5,8-11,13-14H,6-7H2,1-3H3,(H2,20,21,25)/b19-10-/t11-,13+,14+/m1/s1. The molecule has 2 aliphatic rings. The van der Waals surface area contributed by atoms with Crippen molar-refractivity contribution in [3.8, 4) is 17.2 Å². The van der Waals surface area contributed by atoms with Crippen molar-refractivity contribution in [2.45, 2.75) is 18.9 Å².